The van der Waals surface area contributed by atoms with Crippen LogP contribution in [0, 0.1) is 11.3 Å². The van der Waals surface area contributed by atoms with Crippen molar-refractivity contribution in [3.8, 4) is 0 Å². The second-order valence-electron chi connectivity index (χ2n) is 9.03. The SMILES string of the molecule is Cn1cc(C(NC(=O)NC(C)(C)CC(C)(C)C)C2CC(O)C2)cn1. The summed E-state index contributed by atoms with van der Waals surface area (Å²) in [7, 11) is 1.86. The summed E-state index contributed by atoms with van der Waals surface area (Å²) in [6, 6.07) is -0.285. The number of hydrogen-bond donors (Lipinski definition) is 3. The largest absolute Gasteiger partial charge is 0.393 e. The molecule has 2 rings (SSSR count). The molecule has 0 aliphatic heterocycles. The van der Waals surface area contributed by atoms with Gasteiger partial charge in [-0.1, -0.05) is 20.8 Å². The fraction of sp³-hybridized carbons (Fsp3) is 0.778. The fourth-order valence-electron chi connectivity index (χ4n) is 3.83. The van der Waals surface area contributed by atoms with Gasteiger partial charge in [0.1, 0.15) is 0 Å². The molecular weight excluding hydrogens is 304 g/mol. The van der Waals surface area contributed by atoms with Crippen LogP contribution in [0.15, 0.2) is 12.4 Å². The van der Waals surface area contributed by atoms with Crippen molar-refractivity contribution in [3.05, 3.63) is 18.0 Å². The Kier molecular flexibility index (Phi) is 5.28. The maximum atomic E-state index is 12.5. The Hall–Kier alpha value is -1.56. The van der Waals surface area contributed by atoms with Crippen molar-refractivity contribution < 1.29 is 9.90 Å². The van der Waals surface area contributed by atoms with Crippen molar-refractivity contribution in [2.24, 2.45) is 18.4 Å². The zero-order chi connectivity index (χ0) is 18.1. The second kappa shape index (κ2) is 6.75. The van der Waals surface area contributed by atoms with Crippen molar-refractivity contribution in [2.45, 2.75) is 71.6 Å². The summed E-state index contributed by atoms with van der Waals surface area (Å²) in [6.45, 7) is 10.6. The zero-order valence-electron chi connectivity index (χ0n) is 15.8. The minimum Gasteiger partial charge on any atom is -0.393 e. The van der Waals surface area contributed by atoms with E-state index >= 15 is 0 Å². The minimum absolute atomic E-state index is 0.118. The molecule has 0 saturated heterocycles. The molecule has 1 aliphatic rings. The third-order valence-electron chi connectivity index (χ3n) is 4.42. The highest BCUT2D eigenvalue weighted by atomic mass is 16.3. The van der Waals surface area contributed by atoms with Crippen molar-refractivity contribution >= 4 is 6.03 Å². The summed E-state index contributed by atoms with van der Waals surface area (Å²) in [4.78, 5) is 12.5. The van der Waals surface area contributed by atoms with E-state index in [2.05, 4.69) is 36.5 Å². The molecule has 3 N–H and O–H groups in total. The number of hydrogen-bond acceptors (Lipinski definition) is 3. The van der Waals surface area contributed by atoms with Crippen LogP contribution in [0.25, 0.3) is 0 Å². The lowest BCUT2D eigenvalue weighted by Gasteiger charge is -2.39. The molecule has 1 atom stereocenters. The fourth-order valence-corrected chi connectivity index (χ4v) is 3.83. The Labute approximate surface area is 145 Å². The first-order valence-electron chi connectivity index (χ1n) is 8.70. The van der Waals surface area contributed by atoms with Crippen molar-refractivity contribution in [1.82, 2.24) is 20.4 Å². The third kappa shape index (κ3) is 5.23. The van der Waals surface area contributed by atoms with E-state index < -0.39 is 0 Å². The lowest BCUT2D eigenvalue weighted by molar-refractivity contribution is 0.0256. The number of aliphatic hydroxyl groups excluding tert-OH is 1. The van der Waals surface area contributed by atoms with Crippen LogP contribution in [-0.2, 0) is 7.05 Å². The average Bonchev–Trinajstić information content (AvgIpc) is 2.75. The van der Waals surface area contributed by atoms with E-state index in [-0.39, 0.29) is 35.0 Å². The number of aromatic nitrogens is 2. The molecule has 0 spiro atoms. The Morgan fingerprint density at radius 1 is 1.38 bits per heavy atom. The van der Waals surface area contributed by atoms with Gasteiger partial charge in [-0.15, -0.1) is 0 Å². The molecule has 1 saturated carbocycles. The lowest BCUT2D eigenvalue weighted by Crippen LogP contribution is -2.52. The van der Waals surface area contributed by atoms with Gasteiger partial charge in [0.2, 0.25) is 0 Å². The topological polar surface area (TPSA) is 79.2 Å². The highest BCUT2D eigenvalue weighted by molar-refractivity contribution is 5.75. The van der Waals surface area contributed by atoms with Crippen LogP contribution in [0.4, 0.5) is 4.79 Å². The van der Waals surface area contributed by atoms with Crippen LogP contribution in [0.2, 0.25) is 0 Å². The van der Waals surface area contributed by atoms with E-state index in [0.717, 1.165) is 12.0 Å². The van der Waals surface area contributed by atoms with Gasteiger partial charge in [0.25, 0.3) is 0 Å². The van der Waals surface area contributed by atoms with E-state index in [1.807, 2.05) is 27.1 Å². The normalized spacial score (nSPS) is 22.6. The maximum absolute atomic E-state index is 12.5. The lowest BCUT2D eigenvalue weighted by atomic mass is 9.75. The minimum atomic E-state index is -0.291. The standard InChI is InChI=1S/C18H32N4O2/c1-17(2,3)11-18(4,5)21-16(24)20-15(12-7-14(23)8-12)13-9-19-22(6)10-13/h9-10,12,14-15,23H,7-8,11H2,1-6H3,(H2,20,21,24). The van der Waals surface area contributed by atoms with Crippen LogP contribution in [0.3, 0.4) is 0 Å². The molecule has 1 aromatic rings. The number of aryl methyl sites for hydroxylation is 1. The first-order chi connectivity index (χ1) is 11.0. The Bertz CT molecular complexity index is 568. The predicted molar refractivity (Wildman–Crippen MR) is 94.5 cm³/mol. The summed E-state index contributed by atoms with van der Waals surface area (Å²) in [5, 5.41) is 20.0. The number of amides is 2. The van der Waals surface area contributed by atoms with Gasteiger partial charge in [-0.3, -0.25) is 4.68 Å². The molecule has 1 aromatic heterocycles. The monoisotopic (exact) mass is 336 g/mol. The summed E-state index contributed by atoms with van der Waals surface area (Å²) in [5.74, 6) is 0.251. The molecule has 0 aromatic carbocycles. The third-order valence-corrected chi connectivity index (χ3v) is 4.42. The molecule has 6 heteroatoms. The summed E-state index contributed by atoms with van der Waals surface area (Å²) in [6.07, 6.45) is 5.77. The summed E-state index contributed by atoms with van der Waals surface area (Å²) >= 11 is 0. The number of carbonyl (C=O) groups is 1. The molecule has 1 heterocycles. The highest BCUT2D eigenvalue weighted by Gasteiger charge is 2.37. The van der Waals surface area contributed by atoms with Crippen LogP contribution in [-0.4, -0.2) is 32.6 Å². The van der Waals surface area contributed by atoms with Crippen molar-refractivity contribution in [1.29, 1.82) is 0 Å². The van der Waals surface area contributed by atoms with Crippen molar-refractivity contribution in [2.75, 3.05) is 0 Å². The van der Waals surface area contributed by atoms with Gasteiger partial charge in [-0.25, -0.2) is 4.79 Å². The van der Waals surface area contributed by atoms with Crippen molar-refractivity contribution in [3.63, 3.8) is 0 Å². The number of nitrogens with one attached hydrogen (secondary N) is 2. The van der Waals surface area contributed by atoms with Gasteiger partial charge in [0.05, 0.1) is 18.3 Å². The van der Waals surface area contributed by atoms with Crippen LogP contribution < -0.4 is 10.6 Å². The van der Waals surface area contributed by atoms with Gasteiger partial charge in [0.15, 0.2) is 0 Å². The number of carbonyl (C=O) groups excluding carboxylic acids is 1. The quantitative estimate of drug-likeness (QED) is 0.773. The second-order valence-corrected chi connectivity index (χ2v) is 9.03. The summed E-state index contributed by atoms with van der Waals surface area (Å²) < 4.78 is 1.74. The van der Waals surface area contributed by atoms with E-state index in [9.17, 15) is 9.90 Å². The Balaban J connectivity index is 2.02. The van der Waals surface area contributed by atoms with Crippen LogP contribution in [0.1, 0.15) is 65.5 Å². The Morgan fingerprint density at radius 2 is 2.00 bits per heavy atom. The van der Waals surface area contributed by atoms with E-state index in [0.29, 0.717) is 12.8 Å². The molecule has 136 valence electrons. The summed E-state index contributed by atoms with van der Waals surface area (Å²) in [5.41, 5.74) is 0.830. The van der Waals surface area contributed by atoms with Gasteiger partial charge < -0.3 is 15.7 Å². The molecule has 24 heavy (non-hydrogen) atoms. The van der Waals surface area contributed by atoms with E-state index in [4.69, 9.17) is 0 Å². The van der Waals surface area contributed by atoms with E-state index in [1.54, 1.807) is 10.9 Å². The Morgan fingerprint density at radius 3 is 2.46 bits per heavy atom. The van der Waals surface area contributed by atoms with Gasteiger partial charge in [-0.05, 0) is 44.4 Å². The molecule has 1 aliphatic carbocycles. The maximum Gasteiger partial charge on any atom is 0.315 e. The molecule has 0 radical (unpaired) electrons. The van der Waals surface area contributed by atoms with E-state index in [1.165, 1.54) is 0 Å². The number of rotatable bonds is 5. The molecule has 2 amide bonds. The number of aliphatic hydroxyl groups is 1. The number of nitrogens with zero attached hydrogens (tertiary/aromatic N) is 2. The van der Waals surface area contributed by atoms with Crippen LogP contribution in [0.5, 0.6) is 0 Å². The predicted octanol–water partition coefficient (Wildman–Crippen LogP) is 2.75. The highest BCUT2D eigenvalue weighted by Crippen LogP contribution is 2.38. The zero-order valence-corrected chi connectivity index (χ0v) is 15.8. The molecular formula is C18H32N4O2. The van der Waals surface area contributed by atoms with Gasteiger partial charge in [-0.2, -0.15) is 5.10 Å². The first kappa shape index (κ1) is 18.8. The molecule has 0 bridgehead atoms. The first-order valence-corrected chi connectivity index (χ1v) is 8.70. The average molecular weight is 336 g/mol. The molecule has 1 unspecified atom stereocenters. The number of urea groups is 1. The van der Waals surface area contributed by atoms with Gasteiger partial charge >= 0.3 is 6.03 Å². The van der Waals surface area contributed by atoms with Crippen LogP contribution >= 0.6 is 0 Å². The smallest absolute Gasteiger partial charge is 0.315 e. The molecule has 1 fully saturated rings. The molecule has 6 nitrogen and oxygen atoms in total. The van der Waals surface area contributed by atoms with Gasteiger partial charge in [0, 0.05) is 24.3 Å².